The van der Waals surface area contributed by atoms with Crippen LogP contribution in [0.3, 0.4) is 0 Å². The van der Waals surface area contributed by atoms with Gasteiger partial charge in [-0.25, -0.2) is 0 Å². The summed E-state index contributed by atoms with van der Waals surface area (Å²) in [6.45, 7) is 38.3. The lowest BCUT2D eigenvalue weighted by Gasteiger charge is -2.48. The Balaban J connectivity index is 1.33. The number of allylic oxidation sites excluding steroid dienone is 4. The van der Waals surface area contributed by atoms with Crippen molar-refractivity contribution in [2.45, 2.75) is 150 Å². The van der Waals surface area contributed by atoms with Crippen molar-refractivity contribution in [1.82, 2.24) is 0 Å². The van der Waals surface area contributed by atoms with Crippen LogP contribution in [0.5, 0.6) is 0 Å². The van der Waals surface area contributed by atoms with Gasteiger partial charge in [0.1, 0.15) is 0 Å². The molecule has 0 bridgehead atoms. The molecule has 0 unspecified atom stereocenters. The van der Waals surface area contributed by atoms with Crippen LogP contribution in [-0.4, -0.2) is 6.71 Å². The molecule has 0 N–H and O–H groups in total. The first-order valence-electron chi connectivity index (χ1n) is 24.3. The average Bonchev–Trinajstić information content (AvgIpc) is 3.63. The number of rotatable bonds is 5. The first-order valence-corrected chi connectivity index (χ1v) is 25.1. The standard InChI is InChI=1S/C61H69BN2S/c1-16-42(24-22-38(3)40-20-18-17-19-21-40)63-51-30-37(2)31-52-54(51)62(56-55(63)43-33-41(57(5,6)7)23-25-53(43)65-56)48-34-45-47(61(14,15)29-27-59(45,10)11)36-50(48)64(52)49-35-46-44(32-39(49)4)58(8,9)26-28-60(46,12)13/h16-25,30-36H,1,26-29H2,2-15H3/b38-22+,42-24+. The Labute approximate surface area is 395 Å². The molecule has 6 aromatic rings. The predicted octanol–water partition coefficient (Wildman–Crippen LogP) is 15.4. The molecule has 0 spiro atoms. The second-order valence-corrected chi connectivity index (χ2v) is 24.9. The Morgan fingerprint density at radius 1 is 0.662 bits per heavy atom. The SMILES string of the molecule is C=C/C(=C\C=C(/C)c1ccccc1)N1c2cc(C)cc3c2B(c2cc4c(cc2N3c2cc3c(cc2C)C(C)(C)CCC3(C)C)C(C)(C)CCC4(C)C)c2sc3ccc(C(C)(C)C)cc3c21. The lowest BCUT2D eigenvalue weighted by molar-refractivity contribution is 0.331. The monoisotopic (exact) mass is 873 g/mol. The molecule has 10 rings (SSSR count). The van der Waals surface area contributed by atoms with Crippen molar-refractivity contribution in [3.63, 3.8) is 0 Å². The van der Waals surface area contributed by atoms with E-state index in [0.717, 1.165) is 5.70 Å². The van der Waals surface area contributed by atoms with Crippen molar-refractivity contribution in [2.75, 3.05) is 9.80 Å². The van der Waals surface area contributed by atoms with Gasteiger partial charge in [0.2, 0.25) is 0 Å². The largest absolute Gasteiger partial charge is 0.311 e. The molecule has 2 nitrogen and oxygen atoms in total. The summed E-state index contributed by atoms with van der Waals surface area (Å²) < 4.78 is 2.75. The van der Waals surface area contributed by atoms with Crippen LogP contribution in [0.15, 0.2) is 115 Å². The molecule has 0 radical (unpaired) electrons. The quantitative estimate of drug-likeness (QED) is 0.126. The van der Waals surface area contributed by atoms with Crippen LogP contribution in [-0.2, 0) is 27.1 Å². The van der Waals surface area contributed by atoms with Crippen molar-refractivity contribution in [1.29, 1.82) is 0 Å². The number of hydrogen-bond acceptors (Lipinski definition) is 3. The number of fused-ring (bicyclic) bond motifs is 8. The maximum absolute atomic E-state index is 4.56. The summed E-state index contributed by atoms with van der Waals surface area (Å²) in [5.41, 5.74) is 23.1. The van der Waals surface area contributed by atoms with E-state index in [-0.39, 0.29) is 33.8 Å². The molecule has 3 heterocycles. The minimum Gasteiger partial charge on any atom is -0.311 e. The van der Waals surface area contributed by atoms with Crippen LogP contribution in [0.1, 0.15) is 153 Å². The maximum atomic E-state index is 4.56. The first kappa shape index (κ1) is 43.8. The molecule has 0 saturated heterocycles. The van der Waals surface area contributed by atoms with E-state index in [2.05, 4.69) is 216 Å². The molecule has 0 fully saturated rings. The van der Waals surface area contributed by atoms with Crippen LogP contribution in [0, 0.1) is 13.8 Å². The van der Waals surface area contributed by atoms with Crippen LogP contribution < -0.4 is 25.5 Å². The number of nitrogens with zero attached hydrogens (tertiary/aromatic N) is 2. The molecule has 4 heteroatoms. The molecular weight excluding hydrogens is 804 g/mol. The van der Waals surface area contributed by atoms with Crippen molar-refractivity contribution < 1.29 is 0 Å². The summed E-state index contributed by atoms with van der Waals surface area (Å²) in [5, 5.41) is 1.32. The lowest BCUT2D eigenvalue weighted by Crippen LogP contribution is -2.61. The van der Waals surface area contributed by atoms with Crippen molar-refractivity contribution in [2.24, 2.45) is 0 Å². The van der Waals surface area contributed by atoms with E-state index in [1.54, 1.807) is 0 Å². The van der Waals surface area contributed by atoms with Gasteiger partial charge in [0.05, 0.1) is 5.69 Å². The average molecular weight is 873 g/mol. The highest BCUT2D eigenvalue weighted by Crippen LogP contribution is 2.54. The molecule has 5 aromatic carbocycles. The van der Waals surface area contributed by atoms with E-state index < -0.39 is 0 Å². The van der Waals surface area contributed by atoms with E-state index in [9.17, 15) is 0 Å². The van der Waals surface area contributed by atoms with Gasteiger partial charge in [0, 0.05) is 43.3 Å². The fraction of sp³-hybridized carbons (Fsp3) is 0.377. The Kier molecular flexibility index (Phi) is 9.92. The second kappa shape index (κ2) is 14.7. The highest BCUT2D eigenvalue weighted by atomic mass is 32.1. The molecule has 4 aliphatic rings. The van der Waals surface area contributed by atoms with Crippen LogP contribution in [0.25, 0.3) is 15.7 Å². The van der Waals surface area contributed by atoms with Gasteiger partial charge < -0.3 is 9.80 Å². The maximum Gasteiger partial charge on any atom is 0.264 e. The number of benzene rings is 5. The van der Waals surface area contributed by atoms with Crippen LogP contribution >= 0.6 is 11.3 Å². The van der Waals surface area contributed by atoms with Gasteiger partial charge in [-0.1, -0.05) is 137 Å². The number of thiophene rings is 1. The van der Waals surface area contributed by atoms with E-state index >= 15 is 0 Å². The molecule has 332 valence electrons. The Hall–Kier alpha value is -5.06. The van der Waals surface area contributed by atoms with Crippen molar-refractivity contribution in [3.8, 4) is 0 Å². The molecule has 1 aromatic heterocycles. The first-order chi connectivity index (χ1) is 30.5. The van der Waals surface area contributed by atoms with Crippen LogP contribution in [0.4, 0.5) is 28.4 Å². The zero-order chi connectivity index (χ0) is 46.3. The molecule has 65 heavy (non-hydrogen) atoms. The van der Waals surface area contributed by atoms with Crippen molar-refractivity contribution in [3.05, 3.63) is 160 Å². The summed E-state index contributed by atoms with van der Waals surface area (Å²) in [6.07, 6.45) is 11.4. The zero-order valence-electron chi connectivity index (χ0n) is 41.7. The third-order valence-corrected chi connectivity index (χ3v) is 17.5. The highest BCUT2D eigenvalue weighted by Gasteiger charge is 2.49. The molecule has 0 saturated carbocycles. The van der Waals surface area contributed by atoms with Gasteiger partial charge in [-0.05, 0) is 183 Å². The van der Waals surface area contributed by atoms with Crippen molar-refractivity contribution >= 4 is 77.8 Å². The summed E-state index contributed by atoms with van der Waals surface area (Å²) in [5.74, 6) is 0. The number of hydrogen-bond donors (Lipinski definition) is 0. The summed E-state index contributed by atoms with van der Waals surface area (Å²) in [4.78, 5) is 5.30. The molecular formula is C61H69BN2S. The zero-order valence-corrected chi connectivity index (χ0v) is 42.5. The third-order valence-electron chi connectivity index (χ3n) is 16.3. The van der Waals surface area contributed by atoms with Gasteiger partial charge in [0.15, 0.2) is 0 Å². The molecule has 0 amide bonds. The van der Waals surface area contributed by atoms with Gasteiger partial charge in [0.25, 0.3) is 6.71 Å². The number of anilines is 5. The number of aryl methyl sites for hydroxylation is 2. The fourth-order valence-electron chi connectivity index (χ4n) is 11.9. The van der Waals surface area contributed by atoms with E-state index in [0.29, 0.717) is 0 Å². The third kappa shape index (κ3) is 6.86. The molecule has 0 atom stereocenters. The minimum absolute atomic E-state index is 0.00269. The smallest absolute Gasteiger partial charge is 0.264 e. The summed E-state index contributed by atoms with van der Waals surface area (Å²) >= 11 is 2.00. The molecule has 2 aliphatic heterocycles. The summed E-state index contributed by atoms with van der Waals surface area (Å²) in [7, 11) is 0. The second-order valence-electron chi connectivity index (χ2n) is 23.8. The van der Waals surface area contributed by atoms with E-state index in [1.807, 2.05) is 11.3 Å². The Morgan fingerprint density at radius 3 is 1.83 bits per heavy atom. The van der Waals surface area contributed by atoms with Crippen LogP contribution in [0.2, 0.25) is 0 Å². The van der Waals surface area contributed by atoms with Gasteiger partial charge in [-0.3, -0.25) is 0 Å². The minimum atomic E-state index is 0.00269. The van der Waals surface area contributed by atoms with Gasteiger partial charge >= 0.3 is 0 Å². The predicted molar refractivity (Wildman–Crippen MR) is 287 cm³/mol. The van der Waals surface area contributed by atoms with E-state index in [1.165, 1.54) is 130 Å². The normalized spacial score (nSPS) is 19.0. The lowest BCUT2D eigenvalue weighted by atomic mass is 9.35. The summed E-state index contributed by atoms with van der Waals surface area (Å²) in [6, 6.07) is 33.5. The topological polar surface area (TPSA) is 6.48 Å². The Bertz CT molecular complexity index is 3030. The van der Waals surface area contributed by atoms with Gasteiger partial charge in [-0.15, -0.1) is 11.3 Å². The molecule has 2 aliphatic carbocycles. The fourth-order valence-corrected chi connectivity index (χ4v) is 13.2. The Morgan fingerprint density at radius 2 is 1.23 bits per heavy atom. The highest BCUT2D eigenvalue weighted by molar-refractivity contribution is 7.33. The van der Waals surface area contributed by atoms with E-state index in [4.69, 9.17) is 0 Å². The van der Waals surface area contributed by atoms with Gasteiger partial charge in [-0.2, -0.15) is 0 Å².